The van der Waals surface area contributed by atoms with E-state index in [0.717, 1.165) is 27.7 Å². The van der Waals surface area contributed by atoms with E-state index in [-0.39, 0.29) is 0 Å². The summed E-state index contributed by atoms with van der Waals surface area (Å²) < 4.78 is 0. The third-order valence-electron chi connectivity index (χ3n) is 4.80. The lowest BCUT2D eigenvalue weighted by Crippen LogP contribution is -1.89. The maximum Gasteiger partial charge on any atom is 0.124 e. The van der Waals surface area contributed by atoms with E-state index in [1.807, 2.05) is 0 Å². The second-order valence-electron chi connectivity index (χ2n) is 7.44. The summed E-state index contributed by atoms with van der Waals surface area (Å²) in [6.07, 6.45) is 2.10. The lowest BCUT2D eigenvalue weighted by Gasteiger charge is -2.07. The van der Waals surface area contributed by atoms with Gasteiger partial charge < -0.3 is 0 Å². The topological polar surface area (TPSA) is 25.8 Å². The van der Waals surface area contributed by atoms with E-state index in [0.29, 0.717) is 0 Å². The average Bonchev–Trinajstić information content (AvgIpc) is 3.12. The molecule has 2 aromatic carbocycles. The van der Waals surface area contributed by atoms with E-state index in [1.54, 1.807) is 23.1 Å². The van der Waals surface area contributed by atoms with Crippen molar-refractivity contribution < 1.29 is 0 Å². The van der Waals surface area contributed by atoms with E-state index in [9.17, 15) is 0 Å². The van der Waals surface area contributed by atoms with Crippen molar-refractivity contribution in [3.8, 4) is 32.3 Å². The fraction of sp³-hybridized carbons (Fsp3) is 0.200. The van der Waals surface area contributed by atoms with Crippen molar-refractivity contribution >= 4 is 23.1 Å². The minimum Gasteiger partial charge on any atom is -0.258 e. The van der Waals surface area contributed by atoms with Crippen molar-refractivity contribution in [2.75, 3.05) is 6.26 Å². The standard InChI is InChI=1S/C25H24N2S2/c1-15-10-16(2)12-20(11-15)23-24(21-13-17(3)26-18(4)14-21)29-25(27-23)19-6-8-22(28-5)9-7-19/h6-14H,1-5H3. The van der Waals surface area contributed by atoms with Gasteiger partial charge in [-0.25, -0.2) is 4.98 Å². The third kappa shape index (κ3) is 4.29. The number of benzene rings is 2. The Balaban J connectivity index is 1.92. The molecule has 0 N–H and O–H groups in total. The molecule has 146 valence electrons. The molecule has 0 fully saturated rings. The molecule has 29 heavy (non-hydrogen) atoms. The van der Waals surface area contributed by atoms with Crippen LogP contribution in [0.1, 0.15) is 22.5 Å². The Morgan fingerprint density at radius 2 is 1.31 bits per heavy atom. The largest absolute Gasteiger partial charge is 0.258 e. The Morgan fingerprint density at radius 1 is 0.690 bits per heavy atom. The van der Waals surface area contributed by atoms with Crippen LogP contribution in [-0.4, -0.2) is 16.2 Å². The summed E-state index contributed by atoms with van der Waals surface area (Å²) in [7, 11) is 0. The van der Waals surface area contributed by atoms with Crippen LogP contribution in [0.3, 0.4) is 0 Å². The highest BCUT2D eigenvalue weighted by molar-refractivity contribution is 7.98. The molecule has 0 spiro atoms. The van der Waals surface area contributed by atoms with Gasteiger partial charge in [-0.15, -0.1) is 23.1 Å². The Kier molecular flexibility index (Phi) is 5.57. The molecule has 0 aliphatic heterocycles. The number of nitrogens with zero attached hydrogens (tertiary/aromatic N) is 2. The maximum atomic E-state index is 5.12. The van der Waals surface area contributed by atoms with Crippen LogP contribution in [-0.2, 0) is 0 Å². The number of rotatable bonds is 4. The highest BCUT2D eigenvalue weighted by atomic mass is 32.2. The second-order valence-corrected chi connectivity index (χ2v) is 9.32. The summed E-state index contributed by atoms with van der Waals surface area (Å²) >= 11 is 3.51. The molecule has 2 nitrogen and oxygen atoms in total. The van der Waals surface area contributed by atoms with Gasteiger partial charge in [0.2, 0.25) is 0 Å². The van der Waals surface area contributed by atoms with Crippen molar-refractivity contribution in [1.29, 1.82) is 0 Å². The monoisotopic (exact) mass is 416 g/mol. The normalized spacial score (nSPS) is 11.1. The maximum absolute atomic E-state index is 5.12. The van der Waals surface area contributed by atoms with E-state index in [1.165, 1.54) is 32.0 Å². The molecule has 0 saturated heterocycles. The number of thiazole rings is 1. The Labute approximate surface area is 181 Å². The molecular weight excluding hydrogens is 392 g/mol. The first-order chi connectivity index (χ1) is 13.9. The minimum atomic E-state index is 1.03. The SMILES string of the molecule is CSc1ccc(-c2nc(-c3cc(C)cc(C)c3)c(-c3cc(C)nc(C)c3)s2)cc1. The van der Waals surface area contributed by atoms with E-state index in [4.69, 9.17) is 4.98 Å². The zero-order chi connectivity index (χ0) is 20.5. The summed E-state index contributed by atoms with van der Waals surface area (Å²) in [5.41, 5.74) is 9.15. The summed E-state index contributed by atoms with van der Waals surface area (Å²) in [6.45, 7) is 8.39. The molecule has 2 aromatic heterocycles. The van der Waals surface area contributed by atoms with Crippen LogP contribution in [0.5, 0.6) is 0 Å². The minimum absolute atomic E-state index is 1.03. The van der Waals surface area contributed by atoms with Crippen molar-refractivity contribution in [2.24, 2.45) is 0 Å². The fourth-order valence-corrected chi connectivity index (χ4v) is 5.13. The van der Waals surface area contributed by atoms with Crippen LogP contribution in [0.4, 0.5) is 0 Å². The van der Waals surface area contributed by atoms with Gasteiger partial charge in [-0.3, -0.25) is 4.98 Å². The fourth-order valence-electron chi connectivity index (χ4n) is 3.65. The van der Waals surface area contributed by atoms with Gasteiger partial charge in [0.1, 0.15) is 5.01 Å². The number of hydrogen-bond donors (Lipinski definition) is 0. The molecular formula is C25H24N2S2. The number of hydrogen-bond acceptors (Lipinski definition) is 4. The van der Waals surface area contributed by atoms with Crippen molar-refractivity contribution in [3.05, 3.63) is 77.1 Å². The van der Waals surface area contributed by atoms with Crippen molar-refractivity contribution in [1.82, 2.24) is 9.97 Å². The van der Waals surface area contributed by atoms with Crippen LogP contribution < -0.4 is 0 Å². The molecule has 0 atom stereocenters. The summed E-state index contributed by atoms with van der Waals surface area (Å²) in [4.78, 5) is 12.1. The molecule has 4 aromatic rings. The number of thioether (sulfide) groups is 1. The van der Waals surface area contributed by atoms with Gasteiger partial charge in [0.15, 0.2) is 0 Å². The Hall–Kier alpha value is -2.43. The van der Waals surface area contributed by atoms with Gasteiger partial charge in [0.25, 0.3) is 0 Å². The van der Waals surface area contributed by atoms with Crippen molar-refractivity contribution in [2.45, 2.75) is 32.6 Å². The van der Waals surface area contributed by atoms with E-state index in [2.05, 4.69) is 93.5 Å². The van der Waals surface area contributed by atoms with Crippen LogP contribution in [0, 0.1) is 27.7 Å². The summed E-state index contributed by atoms with van der Waals surface area (Å²) in [5.74, 6) is 0. The molecule has 0 aliphatic rings. The number of aromatic nitrogens is 2. The predicted molar refractivity (Wildman–Crippen MR) is 127 cm³/mol. The predicted octanol–water partition coefficient (Wildman–Crippen LogP) is 7.49. The van der Waals surface area contributed by atoms with Gasteiger partial charge >= 0.3 is 0 Å². The highest BCUT2D eigenvalue weighted by Gasteiger charge is 2.17. The van der Waals surface area contributed by atoms with Gasteiger partial charge in [-0.1, -0.05) is 29.3 Å². The molecule has 0 radical (unpaired) electrons. The third-order valence-corrected chi connectivity index (χ3v) is 6.70. The molecule has 2 heterocycles. The number of pyridine rings is 1. The van der Waals surface area contributed by atoms with Crippen LogP contribution >= 0.6 is 23.1 Å². The zero-order valence-corrected chi connectivity index (χ0v) is 19.0. The van der Waals surface area contributed by atoms with Gasteiger partial charge in [-0.05, 0) is 75.9 Å². The first-order valence-electron chi connectivity index (χ1n) is 9.62. The van der Waals surface area contributed by atoms with Crippen molar-refractivity contribution in [3.63, 3.8) is 0 Å². The average molecular weight is 417 g/mol. The Morgan fingerprint density at radius 3 is 1.90 bits per heavy atom. The van der Waals surface area contributed by atoms with Crippen LogP contribution in [0.15, 0.2) is 59.5 Å². The van der Waals surface area contributed by atoms with Crippen LogP contribution in [0.25, 0.3) is 32.3 Å². The lowest BCUT2D eigenvalue weighted by atomic mass is 10.0. The smallest absolute Gasteiger partial charge is 0.124 e. The summed E-state index contributed by atoms with van der Waals surface area (Å²) in [6, 6.07) is 19.7. The number of aryl methyl sites for hydroxylation is 4. The van der Waals surface area contributed by atoms with Crippen LogP contribution in [0.2, 0.25) is 0 Å². The highest BCUT2D eigenvalue weighted by Crippen LogP contribution is 2.41. The first-order valence-corrected chi connectivity index (χ1v) is 11.7. The quantitative estimate of drug-likeness (QED) is 0.322. The van der Waals surface area contributed by atoms with Gasteiger partial charge in [0, 0.05) is 27.4 Å². The molecule has 4 rings (SSSR count). The molecule has 0 saturated carbocycles. The molecule has 0 aliphatic carbocycles. The zero-order valence-electron chi connectivity index (χ0n) is 17.4. The van der Waals surface area contributed by atoms with E-state index < -0.39 is 0 Å². The first kappa shape index (κ1) is 19.9. The molecule has 4 heteroatoms. The molecule has 0 amide bonds. The Bertz CT molecular complexity index is 1060. The van der Waals surface area contributed by atoms with Gasteiger partial charge in [0.05, 0.1) is 10.6 Å². The summed E-state index contributed by atoms with van der Waals surface area (Å²) in [5, 5.41) is 1.05. The molecule has 0 unspecified atom stereocenters. The molecule has 0 bridgehead atoms. The second kappa shape index (κ2) is 8.13. The lowest BCUT2D eigenvalue weighted by molar-refractivity contribution is 1.13. The van der Waals surface area contributed by atoms with E-state index >= 15 is 0 Å². The van der Waals surface area contributed by atoms with Gasteiger partial charge in [-0.2, -0.15) is 0 Å².